The summed E-state index contributed by atoms with van der Waals surface area (Å²) < 4.78 is 23.8. The van der Waals surface area contributed by atoms with Crippen LogP contribution in [0, 0.1) is 0 Å². The van der Waals surface area contributed by atoms with Gasteiger partial charge < -0.3 is 5.43 Å². The quantitative estimate of drug-likeness (QED) is 0.562. The first-order chi connectivity index (χ1) is 7.50. The van der Waals surface area contributed by atoms with Crippen molar-refractivity contribution in [1.29, 1.82) is 0 Å². The molecule has 1 aromatic heterocycles. The molecular formula is C9H14N4O2S. The number of nitrogen functional groups attached to an aromatic ring is 1. The second-order valence-electron chi connectivity index (χ2n) is 3.90. The van der Waals surface area contributed by atoms with Crippen LogP contribution in [0.2, 0.25) is 0 Å². The predicted octanol–water partition coefficient (Wildman–Crippen LogP) is -0.274. The molecule has 0 unspecified atom stereocenters. The number of aromatic nitrogens is 1. The van der Waals surface area contributed by atoms with Gasteiger partial charge >= 0.3 is 0 Å². The van der Waals surface area contributed by atoms with Crippen LogP contribution in [-0.2, 0) is 10.0 Å². The molecule has 0 radical (unpaired) electrons. The summed E-state index contributed by atoms with van der Waals surface area (Å²) in [5.41, 5.74) is 3.53. The highest BCUT2D eigenvalue weighted by molar-refractivity contribution is 7.88. The van der Waals surface area contributed by atoms with Gasteiger partial charge in [0.1, 0.15) is 5.82 Å². The Labute approximate surface area is 94.5 Å². The number of hydrogen-bond acceptors (Lipinski definition) is 5. The van der Waals surface area contributed by atoms with E-state index in [1.165, 1.54) is 10.6 Å². The summed E-state index contributed by atoms with van der Waals surface area (Å²) in [6, 6.07) is 3.72. The summed E-state index contributed by atoms with van der Waals surface area (Å²) >= 11 is 0. The second-order valence-corrected chi connectivity index (χ2v) is 5.88. The van der Waals surface area contributed by atoms with E-state index in [-0.39, 0.29) is 5.92 Å². The van der Waals surface area contributed by atoms with E-state index in [0.717, 1.165) is 5.56 Å². The van der Waals surface area contributed by atoms with Crippen LogP contribution in [0.15, 0.2) is 18.3 Å². The highest BCUT2D eigenvalue weighted by Gasteiger charge is 2.34. The van der Waals surface area contributed by atoms with Gasteiger partial charge in [0.05, 0.1) is 6.26 Å². The molecule has 0 aliphatic carbocycles. The first-order valence-corrected chi connectivity index (χ1v) is 6.73. The molecule has 2 heterocycles. The molecule has 2 rings (SSSR count). The summed E-state index contributed by atoms with van der Waals surface area (Å²) in [6.45, 7) is 1.07. The lowest BCUT2D eigenvalue weighted by atomic mass is 9.94. The minimum atomic E-state index is -3.05. The molecule has 0 atom stereocenters. The molecule has 6 nitrogen and oxygen atoms in total. The fourth-order valence-electron chi connectivity index (χ4n) is 1.70. The van der Waals surface area contributed by atoms with Gasteiger partial charge in [-0.3, -0.25) is 0 Å². The number of pyridine rings is 1. The molecule has 0 aromatic carbocycles. The number of sulfonamides is 1. The Balaban J connectivity index is 2.06. The van der Waals surface area contributed by atoms with E-state index in [4.69, 9.17) is 5.84 Å². The number of nitrogens with zero attached hydrogens (tertiary/aromatic N) is 2. The summed E-state index contributed by atoms with van der Waals surface area (Å²) in [5.74, 6) is 6.09. The molecule has 7 heteroatoms. The zero-order chi connectivity index (χ0) is 11.8. The van der Waals surface area contributed by atoms with Crippen LogP contribution < -0.4 is 11.3 Å². The fourth-order valence-corrected chi connectivity index (χ4v) is 2.60. The van der Waals surface area contributed by atoms with Crippen molar-refractivity contribution in [2.24, 2.45) is 5.84 Å². The largest absolute Gasteiger partial charge is 0.308 e. The van der Waals surface area contributed by atoms with E-state index >= 15 is 0 Å². The van der Waals surface area contributed by atoms with Crippen molar-refractivity contribution >= 4 is 15.8 Å². The van der Waals surface area contributed by atoms with Crippen LogP contribution in [0.1, 0.15) is 11.5 Å². The zero-order valence-corrected chi connectivity index (χ0v) is 9.74. The average Bonchev–Trinajstić information content (AvgIpc) is 2.13. The van der Waals surface area contributed by atoms with Crippen LogP contribution in [0.5, 0.6) is 0 Å². The van der Waals surface area contributed by atoms with Gasteiger partial charge in [-0.05, 0) is 17.7 Å². The number of nitrogens with one attached hydrogen (secondary N) is 1. The topological polar surface area (TPSA) is 88.3 Å². The minimum absolute atomic E-state index is 0.241. The lowest BCUT2D eigenvalue weighted by Crippen LogP contribution is -2.47. The van der Waals surface area contributed by atoms with Crippen LogP contribution in [0.4, 0.5) is 5.82 Å². The molecule has 1 aliphatic heterocycles. The van der Waals surface area contributed by atoms with Gasteiger partial charge in [0, 0.05) is 25.2 Å². The summed E-state index contributed by atoms with van der Waals surface area (Å²) in [7, 11) is -3.05. The minimum Gasteiger partial charge on any atom is -0.308 e. The Bertz CT molecular complexity index is 482. The van der Waals surface area contributed by atoms with Crippen LogP contribution in [0.25, 0.3) is 0 Å². The van der Waals surface area contributed by atoms with Crippen molar-refractivity contribution in [3.8, 4) is 0 Å². The highest BCUT2D eigenvalue weighted by Crippen LogP contribution is 2.29. The lowest BCUT2D eigenvalue weighted by Gasteiger charge is -2.37. The third-order valence-electron chi connectivity index (χ3n) is 2.72. The Morgan fingerprint density at radius 3 is 2.81 bits per heavy atom. The number of rotatable bonds is 3. The number of nitrogens with two attached hydrogens (primary N) is 1. The smallest absolute Gasteiger partial charge is 0.211 e. The van der Waals surface area contributed by atoms with E-state index in [2.05, 4.69) is 10.4 Å². The van der Waals surface area contributed by atoms with Crippen molar-refractivity contribution in [2.45, 2.75) is 5.92 Å². The van der Waals surface area contributed by atoms with Gasteiger partial charge in [-0.1, -0.05) is 0 Å². The van der Waals surface area contributed by atoms with E-state index in [9.17, 15) is 8.42 Å². The van der Waals surface area contributed by atoms with Crippen molar-refractivity contribution in [3.63, 3.8) is 0 Å². The van der Waals surface area contributed by atoms with Gasteiger partial charge in [0.2, 0.25) is 10.0 Å². The predicted molar refractivity (Wildman–Crippen MR) is 61.2 cm³/mol. The molecule has 16 heavy (non-hydrogen) atoms. The SMILES string of the molecule is CS(=O)(=O)N1CC(c2ccnc(NN)c2)C1. The molecule has 1 aromatic rings. The number of hydrogen-bond donors (Lipinski definition) is 2. The fraction of sp³-hybridized carbons (Fsp3) is 0.444. The van der Waals surface area contributed by atoms with Gasteiger partial charge in [-0.15, -0.1) is 0 Å². The van der Waals surface area contributed by atoms with Crippen molar-refractivity contribution < 1.29 is 8.42 Å². The molecular weight excluding hydrogens is 228 g/mol. The monoisotopic (exact) mass is 242 g/mol. The van der Waals surface area contributed by atoms with E-state index in [1.807, 2.05) is 12.1 Å². The summed E-state index contributed by atoms with van der Waals surface area (Å²) in [6.07, 6.45) is 2.89. The molecule has 88 valence electrons. The Morgan fingerprint density at radius 1 is 1.56 bits per heavy atom. The Hall–Kier alpha value is -1.18. The molecule has 1 fully saturated rings. The summed E-state index contributed by atoms with van der Waals surface area (Å²) in [5, 5.41) is 0. The van der Waals surface area contributed by atoms with Crippen LogP contribution >= 0.6 is 0 Å². The summed E-state index contributed by atoms with van der Waals surface area (Å²) in [4.78, 5) is 4.00. The number of hydrazine groups is 1. The lowest BCUT2D eigenvalue weighted by molar-refractivity contribution is 0.266. The third kappa shape index (κ3) is 2.16. The third-order valence-corrected chi connectivity index (χ3v) is 3.96. The van der Waals surface area contributed by atoms with Crippen LogP contribution in [0.3, 0.4) is 0 Å². The van der Waals surface area contributed by atoms with E-state index < -0.39 is 10.0 Å². The first kappa shape index (κ1) is 11.3. The molecule has 3 N–H and O–H groups in total. The zero-order valence-electron chi connectivity index (χ0n) is 8.92. The van der Waals surface area contributed by atoms with Crippen molar-refractivity contribution in [3.05, 3.63) is 23.9 Å². The molecule has 0 saturated carbocycles. The molecule has 0 spiro atoms. The van der Waals surface area contributed by atoms with E-state index in [0.29, 0.717) is 18.9 Å². The normalized spacial score (nSPS) is 18.1. The molecule has 1 saturated heterocycles. The number of anilines is 1. The van der Waals surface area contributed by atoms with Gasteiger partial charge in [-0.2, -0.15) is 0 Å². The second kappa shape index (κ2) is 4.00. The first-order valence-electron chi connectivity index (χ1n) is 4.88. The maximum absolute atomic E-state index is 11.2. The van der Waals surface area contributed by atoms with Crippen molar-refractivity contribution in [2.75, 3.05) is 24.8 Å². The molecule has 0 bridgehead atoms. The average molecular weight is 242 g/mol. The standard InChI is InChI=1S/C9H14N4O2S/c1-16(14,15)13-5-8(6-13)7-2-3-11-9(4-7)12-10/h2-4,8H,5-6,10H2,1H3,(H,11,12). The maximum atomic E-state index is 11.2. The van der Waals surface area contributed by atoms with Gasteiger partial charge in [0.25, 0.3) is 0 Å². The van der Waals surface area contributed by atoms with Crippen molar-refractivity contribution in [1.82, 2.24) is 9.29 Å². The highest BCUT2D eigenvalue weighted by atomic mass is 32.2. The van der Waals surface area contributed by atoms with Gasteiger partial charge in [-0.25, -0.2) is 23.5 Å². The molecule has 1 aliphatic rings. The Morgan fingerprint density at radius 2 is 2.25 bits per heavy atom. The molecule has 0 amide bonds. The van der Waals surface area contributed by atoms with E-state index in [1.54, 1.807) is 6.20 Å². The van der Waals surface area contributed by atoms with Gasteiger partial charge in [0.15, 0.2) is 0 Å². The Kier molecular flexibility index (Phi) is 2.83. The van der Waals surface area contributed by atoms with Crippen LogP contribution in [-0.4, -0.2) is 37.1 Å². The maximum Gasteiger partial charge on any atom is 0.211 e.